The molecule has 0 aromatic rings. The molecule has 0 amide bonds. The lowest BCUT2D eigenvalue weighted by atomic mass is 10.3. The van der Waals surface area contributed by atoms with Crippen molar-refractivity contribution in [1.82, 2.24) is 4.90 Å². The van der Waals surface area contributed by atoms with E-state index in [1.165, 1.54) is 19.3 Å². The molecule has 14 heavy (non-hydrogen) atoms. The highest BCUT2D eigenvalue weighted by Crippen LogP contribution is 2.28. The Bertz CT molecular complexity index is 139. The predicted octanol–water partition coefficient (Wildman–Crippen LogP) is 2.36. The fourth-order valence-electron chi connectivity index (χ4n) is 1.34. The summed E-state index contributed by atoms with van der Waals surface area (Å²) in [4.78, 5) is 2.32. The van der Waals surface area contributed by atoms with Crippen LogP contribution in [0.3, 0.4) is 0 Å². The van der Waals surface area contributed by atoms with Crippen LogP contribution in [0.2, 0.25) is 0 Å². The number of nitrogens with zero attached hydrogens (tertiary/aromatic N) is 1. The average Bonchev–Trinajstić information content (AvgIpc) is 2.97. The molecule has 1 rings (SSSR count). The smallest absolute Gasteiger partial charge is 0.0593 e. The summed E-state index contributed by atoms with van der Waals surface area (Å²) in [6.45, 7) is 4.05. The van der Waals surface area contributed by atoms with E-state index in [9.17, 15) is 0 Å². The molecule has 1 saturated carbocycles. The summed E-state index contributed by atoms with van der Waals surface area (Å²) in [5, 5.41) is 0. The molecule has 0 aromatic heterocycles. The Morgan fingerprint density at radius 2 is 2.07 bits per heavy atom. The van der Waals surface area contributed by atoms with Gasteiger partial charge in [-0.05, 0) is 45.2 Å². The molecule has 2 nitrogen and oxygen atoms in total. The number of alkyl halides is 1. The number of hydrogen-bond acceptors (Lipinski definition) is 2. The van der Waals surface area contributed by atoms with Crippen LogP contribution in [-0.4, -0.2) is 44.1 Å². The van der Waals surface area contributed by atoms with Crippen molar-refractivity contribution in [3.8, 4) is 0 Å². The fraction of sp³-hybridized carbons (Fsp3) is 1.00. The molecule has 0 radical (unpaired) electrons. The van der Waals surface area contributed by atoms with Crippen molar-refractivity contribution in [2.45, 2.75) is 25.7 Å². The number of unbranched alkanes of at least 4 members (excludes halogenated alkanes) is 1. The molecule has 0 heterocycles. The van der Waals surface area contributed by atoms with E-state index < -0.39 is 0 Å². The van der Waals surface area contributed by atoms with Gasteiger partial charge in [0.15, 0.2) is 0 Å². The van der Waals surface area contributed by atoms with Crippen LogP contribution in [0.4, 0.5) is 0 Å². The highest BCUT2D eigenvalue weighted by molar-refractivity contribution is 6.17. The molecule has 1 aliphatic carbocycles. The summed E-state index contributed by atoms with van der Waals surface area (Å²) in [7, 11) is 2.15. The van der Waals surface area contributed by atoms with Gasteiger partial charge in [-0.2, -0.15) is 0 Å². The molecular formula is C11H22ClNO. The lowest BCUT2D eigenvalue weighted by molar-refractivity contribution is 0.103. The Morgan fingerprint density at radius 1 is 1.29 bits per heavy atom. The van der Waals surface area contributed by atoms with Gasteiger partial charge >= 0.3 is 0 Å². The summed E-state index contributed by atoms with van der Waals surface area (Å²) < 4.78 is 5.57. The first-order valence-corrected chi connectivity index (χ1v) is 6.18. The monoisotopic (exact) mass is 219 g/mol. The van der Waals surface area contributed by atoms with Gasteiger partial charge in [0.1, 0.15) is 0 Å². The third-order valence-electron chi connectivity index (χ3n) is 2.59. The first-order valence-electron chi connectivity index (χ1n) is 5.65. The van der Waals surface area contributed by atoms with Crippen molar-refractivity contribution in [3.05, 3.63) is 0 Å². The Labute approximate surface area is 92.6 Å². The van der Waals surface area contributed by atoms with Gasteiger partial charge in [0, 0.05) is 19.0 Å². The van der Waals surface area contributed by atoms with Crippen molar-refractivity contribution in [2.24, 2.45) is 5.92 Å². The molecule has 0 unspecified atom stereocenters. The largest absolute Gasteiger partial charge is 0.380 e. The van der Waals surface area contributed by atoms with Crippen LogP contribution < -0.4 is 0 Å². The van der Waals surface area contributed by atoms with E-state index in [1.807, 2.05) is 0 Å². The molecule has 0 spiro atoms. The summed E-state index contributed by atoms with van der Waals surface area (Å²) in [5.74, 6) is 1.67. The number of hydrogen-bond donors (Lipinski definition) is 0. The number of halogens is 1. The standard InChI is InChI=1S/C11H22ClNO/c1-13(7-3-2-6-12)8-9-14-10-11-4-5-11/h11H,2-10H2,1H3. The molecule has 1 fully saturated rings. The zero-order valence-corrected chi connectivity index (χ0v) is 9.93. The zero-order valence-electron chi connectivity index (χ0n) is 9.17. The number of rotatable bonds is 9. The van der Waals surface area contributed by atoms with Crippen molar-refractivity contribution >= 4 is 11.6 Å². The highest BCUT2D eigenvalue weighted by Gasteiger charge is 2.20. The molecule has 0 N–H and O–H groups in total. The Kier molecular flexibility index (Phi) is 6.57. The first kappa shape index (κ1) is 12.3. The van der Waals surface area contributed by atoms with Crippen LogP contribution in [0.25, 0.3) is 0 Å². The lowest BCUT2D eigenvalue weighted by Gasteiger charge is -2.15. The molecule has 0 aromatic carbocycles. The van der Waals surface area contributed by atoms with Gasteiger partial charge in [-0.1, -0.05) is 0 Å². The van der Waals surface area contributed by atoms with Gasteiger partial charge in [-0.25, -0.2) is 0 Å². The van der Waals surface area contributed by atoms with Gasteiger partial charge in [-0.15, -0.1) is 11.6 Å². The van der Waals surface area contributed by atoms with Crippen LogP contribution in [0.15, 0.2) is 0 Å². The van der Waals surface area contributed by atoms with Crippen LogP contribution in [0.1, 0.15) is 25.7 Å². The first-order chi connectivity index (χ1) is 6.83. The van der Waals surface area contributed by atoms with E-state index >= 15 is 0 Å². The molecule has 0 saturated heterocycles. The summed E-state index contributed by atoms with van der Waals surface area (Å²) in [5.41, 5.74) is 0. The summed E-state index contributed by atoms with van der Waals surface area (Å²) in [6, 6.07) is 0. The van der Waals surface area contributed by atoms with Crippen molar-refractivity contribution in [1.29, 1.82) is 0 Å². The van der Waals surface area contributed by atoms with Gasteiger partial charge < -0.3 is 9.64 Å². The quantitative estimate of drug-likeness (QED) is 0.436. The summed E-state index contributed by atoms with van der Waals surface area (Å²) >= 11 is 5.61. The normalized spacial score (nSPS) is 16.5. The van der Waals surface area contributed by atoms with E-state index in [0.29, 0.717) is 0 Å². The Morgan fingerprint density at radius 3 is 2.71 bits per heavy atom. The maximum absolute atomic E-state index is 5.61. The highest BCUT2D eigenvalue weighted by atomic mass is 35.5. The third-order valence-corrected chi connectivity index (χ3v) is 2.86. The second-order valence-electron chi connectivity index (χ2n) is 4.22. The molecule has 3 heteroatoms. The molecule has 1 aliphatic rings. The topological polar surface area (TPSA) is 12.5 Å². The van der Waals surface area contributed by atoms with Crippen molar-refractivity contribution in [2.75, 3.05) is 39.2 Å². The number of likely N-dealkylation sites (N-methyl/N-ethyl adjacent to an activating group) is 1. The lowest BCUT2D eigenvalue weighted by Crippen LogP contribution is -2.24. The molecule has 0 aliphatic heterocycles. The second-order valence-corrected chi connectivity index (χ2v) is 4.60. The van der Waals surface area contributed by atoms with Crippen LogP contribution >= 0.6 is 11.6 Å². The minimum absolute atomic E-state index is 0.784. The Balaban J connectivity index is 1.78. The van der Waals surface area contributed by atoms with Crippen LogP contribution in [-0.2, 0) is 4.74 Å². The van der Waals surface area contributed by atoms with E-state index in [4.69, 9.17) is 16.3 Å². The van der Waals surface area contributed by atoms with Gasteiger partial charge in [0.25, 0.3) is 0 Å². The van der Waals surface area contributed by atoms with Gasteiger partial charge in [-0.3, -0.25) is 0 Å². The van der Waals surface area contributed by atoms with Crippen molar-refractivity contribution < 1.29 is 4.74 Å². The maximum atomic E-state index is 5.61. The van der Waals surface area contributed by atoms with E-state index in [1.54, 1.807) is 0 Å². The predicted molar refractivity (Wildman–Crippen MR) is 61.0 cm³/mol. The number of ether oxygens (including phenoxy) is 1. The maximum Gasteiger partial charge on any atom is 0.0593 e. The van der Waals surface area contributed by atoms with Gasteiger partial charge in [0.05, 0.1) is 6.61 Å². The van der Waals surface area contributed by atoms with E-state index in [-0.39, 0.29) is 0 Å². The molecular weight excluding hydrogens is 198 g/mol. The molecule has 0 atom stereocenters. The van der Waals surface area contributed by atoms with E-state index in [0.717, 1.165) is 44.5 Å². The molecule has 0 bridgehead atoms. The van der Waals surface area contributed by atoms with E-state index in [2.05, 4.69) is 11.9 Å². The minimum Gasteiger partial charge on any atom is -0.380 e. The van der Waals surface area contributed by atoms with Crippen LogP contribution in [0, 0.1) is 5.92 Å². The second kappa shape index (κ2) is 7.49. The fourth-order valence-corrected chi connectivity index (χ4v) is 1.53. The average molecular weight is 220 g/mol. The summed E-state index contributed by atoms with van der Waals surface area (Å²) in [6.07, 6.45) is 5.08. The third kappa shape index (κ3) is 6.63. The zero-order chi connectivity index (χ0) is 10.2. The van der Waals surface area contributed by atoms with Crippen molar-refractivity contribution in [3.63, 3.8) is 0 Å². The van der Waals surface area contributed by atoms with Crippen LogP contribution in [0.5, 0.6) is 0 Å². The molecule has 84 valence electrons. The SMILES string of the molecule is CN(CCCCCl)CCOCC1CC1. The van der Waals surface area contributed by atoms with Gasteiger partial charge in [0.2, 0.25) is 0 Å². The Hall–Kier alpha value is 0.210. The minimum atomic E-state index is 0.784.